The van der Waals surface area contributed by atoms with Crippen molar-refractivity contribution < 1.29 is 9.47 Å². The number of hydrogen-bond acceptors (Lipinski definition) is 7. The fourth-order valence-electron chi connectivity index (χ4n) is 4.69. The summed E-state index contributed by atoms with van der Waals surface area (Å²) in [4.78, 5) is 9.40. The van der Waals surface area contributed by atoms with Gasteiger partial charge in [-0.2, -0.15) is 0 Å². The molecule has 1 aromatic heterocycles. The first kappa shape index (κ1) is 22.1. The predicted octanol–water partition coefficient (Wildman–Crippen LogP) is 3.78. The van der Waals surface area contributed by atoms with E-state index in [4.69, 9.17) is 15.2 Å². The highest BCUT2D eigenvalue weighted by Gasteiger charge is 2.41. The Morgan fingerprint density at radius 1 is 1.13 bits per heavy atom. The van der Waals surface area contributed by atoms with E-state index >= 15 is 0 Å². The summed E-state index contributed by atoms with van der Waals surface area (Å²) in [5, 5.41) is 4.52. The van der Waals surface area contributed by atoms with E-state index in [2.05, 4.69) is 33.1 Å². The van der Waals surface area contributed by atoms with Gasteiger partial charge < -0.3 is 19.7 Å². The van der Waals surface area contributed by atoms with E-state index in [9.17, 15) is 0 Å². The Hall–Kier alpha value is -2.09. The summed E-state index contributed by atoms with van der Waals surface area (Å²) in [5.41, 5.74) is 9.74. The van der Waals surface area contributed by atoms with Gasteiger partial charge in [0.1, 0.15) is 19.0 Å². The van der Waals surface area contributed by atoms with E-state index in [0.29, 0.717) is 19.8 Å². The topological polar surface area (TPSA) is 75.9 Å². The highest BCUT2D eigenvalue weighted by Crippen LogP contribution is 2.43. The number of anilines is 2. The second-order valence-electron chi connectivity index (χ2n) is 8.64. The molecule has 1 atom stereocenters. The number of pyridine rings is 1. The average Bonchev–Trinajstić information content (AvgIpc) is 2.91. The summed E-state index contributed by atoms with van der Waals surface area (Å²) in [6.07, 6.45) is 8.18. The molecule has 170 valence electrons. The lowest BCUT2D eigenvalue weighted by Gasteiger charge is -2.36. The van der Waals surface area contributed by atoms with Crippen molar-refractivity contribution in [3.05, 3.63) is 24.4 Å². The lowest BCUT2D eigenvalue weighted by molar-refractivity contribution is 0.105. The zero-order valence-corrected chi connectivity index (χ0v) is 19.0. The Balaban J connectivity index is 1.54. The molecule has 2 aliphatic rings. The van der Waals surface area contributed by atoms with Crippen molar-refractivity contribution >= 4 is 22.3 Å². The van der Waals surface area contributed by atoms with Crippen LogP contribution >= 0.6 is 0 Å². The molecule has 0 spiro atoms. The number of ether oxygens (including phenoxy) is 2. The predicted molar refractivity (Wildman–Crippen MR) is 127 cm³/mol. The molecule has 1 unspecified atom stereocenters. The third kappa shape index (κ3) is 4.89. The van der Waals surface area contributed by atoms with E-state index in [1.165, 1.54) is 38.8 Å². The fourth-order valence-corrected chi connectivity index (χ4v) is 4.69. The number of aromatic nitrogens is 1. The molecule has 31 heavy (non-hydrogen) atoms. The molecule has 1 fully saturated rings. The number of nitrogens with one attached hydrogen (secondary N) is 1. The second kappa shape index (κ2) is 10.0. The van der Waals surface area contributed by atoms with E-state index in [1.54, 1.807) is 0 Å². The van der Waals surface area contributed by atoms with Gasteiger partial charge in [0.2, 0.25) is 0 Å². The van der Waals surface area contributed by atoms with Crippen LogP contribution in [0.4, 0.5) is 11.4 Å². The van der Waals surface area contributed by atoms with Crippen LogP contribution in [0.3, 0.4) is 0 Å². The Labute approximate surface area is 185 Å². The summed E-state index contributed by atoms with van der Waals surface area (Å²) >= 11 is 0. The first-order valence-electron chi connectivity index (χ1n) is 11.8. The maximum Gasteiger partial charge on any atom is 0.188 e. The minimum absolute atomic E-state index is 0.408. The third-order valence-corrected chi connectivity index (χ3v) is 6.26. The van der Waals surface area contributed by atoms with Crippen LogP contribution in [0.2, 0.25) is 0 Å². The Kier molecular flexibility index (Phi) is 7.15. The molecule has 3 heterocycles. The van der Waals surface area contributed by atoms with Crippen LogP contribution in [-0.2, 0) is 4.74 Å². The summed E-state index contributed by atoms with van der Waals surface area (Å²) in [5.74, 6) is 0.113. The Bertz CT molecular complexity index is 868. The van der Waals surface area contributed by atoms with E-state index in [-0.39, 0.29) is 0 Å². The zero-order chi connectivity index (χ0) is 21.7. The normalized spacial score (nSPS) is 21.7. The van der Waals surface area contributed by atoms with Gasteiger partial charge >= 0.3 is 0 Å². The highest BCUT2D eigenvalue weighted by atomic mass is 16.5. The summed E-state index contributed by atoms with van der Waals surface area (Å²) < 4.78 is 11.9. The van der Waals surface area contributed by atoms with Crippen molar-refractivity contribution in [2.45, 2.75) is 51.7 Å². The van der Waals surface area contributed by atoms with Crippen molar-refractivity contribution in [3.8, 4) is 5.75 Å². The Morgan fingerprint density at radius 3 is 2.68 bits per heavy atom. The van der Waals surface area contributed by atoms with E-state index in [0.717, 1.165) is 47.5 Å². The summed E-state index contributed by atoms with van der Waals surface area (Å²) in [7, 11) is 0. The maximum absolute atomic E-state index is 6.76. The van der Waals surface area contributed by atoms with Crippen molar-refractivity contribution in [2.24, 2.45) is 5.73 Å². The molecule has 0 aliphatic carbocycles. The molecule has 1 aromatic carbocycles. The van der Waals surface area contributed by atoms with Crippen LogP contribution in [0.15, 0.2) is 24.4 Å². The molecule has 7 nitrogen and oxygen atoms in total. The number of nitrogens with zero attached hydrogens (tertiary/aromatic N) is 3. The molecule has 2 aromatic rings. The molecular formula is C24H37N5O2. The monoisotopic (exact) mass is 427 g/mol. The van der Waals surface area contributed by atoms with E-state index in [1.807, 2.05) is 25.3 Å². The lowest BCUT2D eigenvalue weighted by atomic mass is 10.1. The minimum Gasteiger partial charge on any atom is -0.492 e. The van der Waals surface area contributed by atoms with E-state index < -0.39 is 5.79 Å². The number of likely N-dealkylation sites (tertiary alicyclic amines) is 1. The number of hydrogen-bond donors (Lipinski definition) is 2. The van der Waals surface area contributed by atoms with Crippen molar-refractivity contribution in [1.82, 2.24) is 9.88 Å². The van der Waals surface area contributed by atoms with Gasteiger partial charge in [0.15, 0.2) is 5.79 Å². The van der Waals surface area contributed by atoms with Gasteiger partial charge in [-0.1, -0.05) is 19.8 Å². The van der Waals surface area contributed by atoms with Crippen LogP contribution in [-0.4, -0.2) is 61.7 Å². The molecule has 0 radical (unpaired) electrons. The van der Waals surface area contributed by atoms with Crippen LogP contribution < -0.4 is 20.7 Å². The maximum atomic E-state index is 6.76. The average molecular weight is 428 g/mol. The van der Waals surface area contributed by atoms with Gasteiger partial charge in [-0.3, -0.25) is 15.6 Å². The van der Waals surface area contributed by atoms with Gasteiger partial charge in [-0.05, 0) is 57.5 Å². The van der Waals surface area contributed by atoms with Gasteiger partial charge in [0, 0.05) is 25.1 Å². The second-order valence-corrected chi connectivity index (χ2v) is 8.64. The number of benzene rings is 1. The zero-order valence-electron chi connectivity index (χ0n) is 19.0. The quantitative estimate of drug-likeness (QED) is 0.631. The Morgan fingerprint density at radius 2 is 1.94 bits per heavy atom. The smallest absolute Gasteiger partial charge is 0.188 e. The summed E-state index contributed by atoms with van der Waals surface area (Å²) in [6.45, 7) is 10.1. The van der Waals surface area contributed by atoms with Crippen LogP contribution in [0.5, 0.6) is 5.75 Å². The van der Waals surface area contributed by atoms with Crippen LogP contribution in [0, 0.1) is 0 Å². The van der Waals surface area contributed by atoms with Gasteiger partial charge in [0.05, 0.1) is 23.1 Å². The molecule has 0 bridgehead atoms. The summed E-state index contributed by atoms with van der Waals surface area (Å²) in [6, 6.07) is 6.17. The number of rotatable bonds is 9. The molecule has 0 saturated carbocycles. The van der Waals surface area contributed by atoms with Gasteiger partial charge in [-0.25, -0.2) is 0 Å². The molecular weight excluding hydrogens is 390 g/mol. The van der Waals surface area contributed by atoms with Crippen LogP contribution in [0.25, 0.3) is 10.9 Å². The largest absolute Gasteiger partial charge is 0.492 e. The molecule has 3 N–H and O–H groups in total. The molecule has 2 aliphatic heterocycles. The number of nitrogens with two attached hydrogens (primary N) is 1. The van der Waals surface area contributed by atoms with Crippen molar-refractivity contribution in [1.29, 1.82) is 0 Å². The molecule has 0 amide bonds. The van der Waals surface area contributed by atoms with Gasteiger partial charge in [-0.15, -0.1) is 0 Å². The SMILES string of the molecule is CCCN1c2c(cnc3ccc(OCCN4CCCCCC4)cc23)NC1(N)COCC. The molecule has 1 saturated heterocycles. The first-order valence-corrected chi connectivity index (χ1v) is 11.8. The third-order valence-electron chi connectivity index (χ3n) is 6.26. The van der Waals surface area contributed by atoms with Gasteiger partial charge in [0.25, 0.3) is 0 Å². The molecule has 4 rings (SSSR count). The minimum atomic E-state index is -0.770. The molecule has 7 heteroatoms. The lowest BCUT2D eigenvalue weighted by Crippen LogP contribution is -2.62. The first-order chi connectivity index (χ1) is 15.1. The van der Waals surface area contributed by atoms with Crippen LogP contribution in [0.1, 0.15) is 46.0 Å². The van der Waals surface area contributed by atoms with Crippen molar-refractivity contribution in [2.75, 3.05) is 56.2 Å². The number of fused-ring (bicyclic) bond motifs is 3. The standard InChI is InChI=1S/C24H37N5O2/c1-3-11-29-23-20-16-19(31-15-14-28-12-7-5-6-8-13-28)9-10-21(20)26-17-22(23)27-24(29,25)18-30-4-2/h9-10,16-17,27H,3-8,11-15,18,25H2,1-2H3. The van der Waals surface area contributed by atoms with Crippen molar-refractivity contribution in [3.63, 3.8) is 0 Å². The highest BCUT2D eigenvalue weighted by molar-refractivity contribution is 6.01. The fraction of sp³-hybridized carbons (Fsp3) is 0.625.